The molecule has 0 saturated heterocycles. The van der Waals surface area contributed by atoms with Crippen LogP contribution in [0.15, 0.2) is 0 Å². The van der Waals surface area contributed by atoms with Gasteiger partial charge in [0.05, 0.1) is 8.07 Å². The van der Waals surface area contributed by atoms with E-state index in [4.69, 9.17) is 0 Å². The number of hydrogen-bond acceptors (Lipinski definition) is 0. The van der Waals surface area contributed by atoms with Gasteiger partial charge >= 0.3 is 0 Å². The fourth-order valence-corrected chi connectivity index (χ4v) is 9.92. The Bertz CT molecular complexity index is 337. The predicted molar refractivity (Wildman–Crippen MR) is 101 cm³/mol. The van der Waals surface area contributed by atoms with Crippen LogP contribution < -0.4 is 0 Å². The summed E-state index contributed by atoms with van der Waals surface area (Å²) in [5, 5.41) is 0.373. The van der Waals surface area contributed by atoms with Crippen LogP contribution in [-0.2, 0) is 0 Å². The highest BCUT2D eigenvalue weighted by atomic mass is 28.3. The SMILES string of the molecule is CC(C)[Si](CC#C[Si](C)(C)C(C)(C)C)(C(C)C)C(C)C. The van der Waals surface area contributed by atoms with E-state index in [1.807, 2.05) is 0 Å². The van der Waals surface area contributed by atoms with E-state index in [0.717, 1.165) is 16.6 Å². The maximum atomic E-state index is 3.74. The first-order valence-corrected chi connectivity index (χ1v) is 13.7. The highest BCUT2D eigenvalue weighted by Gasteiger charge is 2.42. The van der Waals surface area contributed by atoms with Crippen molar-refractivity contribution in [2.75, 3.05) is 0 Å². The van der Waals surface area contributed by atoms with E-state index in [2.05, 4.69) is 86.9 Å². The van der Waals surface area contributed by atoms with Gasteiger partial charge in [-0.1, -0.05) is 75.4 Å². The fraction of sp³-hybridized carbons (Fsp3) is 0.889. The summed E-state index contributed by atoms with van der Waals surface area (Å²) >= 11 is 0. The molecular weight excluding hydrogens is 272 g/mol. The largest absolute Gasteiger partial charge is 0.137 e. The van der Waals surface area contributed by atoms with Crippen molar-refractivity contribution >= 4 is 16.1 Å². The van der Waals surface area contributed by atoms with Gasteiger partial charge < -0.3 is 0 Å². The molecule has 0 spiro atoms. The smallest absolute Gasteiger partial charge is 0.132 e. The monoisotopic (exact) mass is 310 g/mol. The molecule has 0 rings (SSSR count). The molecule has 118 valence electrons. The Morgan fingerprint density at radius 3 is 1.40 bits per heavy atom. The topological polar surface area (TPSA) is 0 Å². The maximum Gasteiger partial charge on any atom is 0.137 e. The molecule has 0 saturated carbocycles. The van der Waals surface area contributed by atoms with E-state index in [9.17, 15) is 0 Å². The van der Waals surface area contributed by atoms with Gasteiger partial charge in [-0.3, -0.25) is 0 Å². The quantitative estimate of drug-likeness (QED) is 0.399. The lowest BCUT2D eigenvalue weighted by atomic mass is 10.2. The van der Waals surface area contributed by atoms with E-state index in [-0.39, 0.29) is 0 Å². The van der Waals surface area contributed by atoms with E-state index in [0.29, 0.717) is 5.04 Å². The molecule has 0 aliphatic rings. The molecule has 0 aromatic carbocycles. The lowest BCUT2D eigenvalue weighted by Gasteiger charge is -2.42. The third-order valence-electron chi connectivity index (χ3n) is 5.90. The Kier molecular flexibility index (Phi) is 6.83. The first-order chi connectivity index (χ1) is 8.79. The van der Waals surface area contributed by atoms with Crippen LogP contribution in [0.3, 0.4) is 0 Å². The zero-order chi connectivity index (χ0) is 16.4. The van der Waals surface area contributed by atoms with Crippen molar-refractivity contribution in [3.63, 3.8) is 0 Å². The van der Waals surface area contributed by atoms with Crippen molar-refractivity contribution in [2.45, 2.75) is 103 Å². The minimum atomic E-state index is -1.45. The Hall–Kier alpha value is -0.00623. The second kappa shape index (κ2) is 6.84. The van der Waals surface area contributed by atoms with Crippen molar-refractivity contribution in [3.8, 4) is 11.5 Å². The lowest BCUT2D eigenvalue weighted by Crippen LogP contribution is -2.44. The van der Waals surface area contributed by atoms with Gasteiger partial charge in [0, 0.05) is 6.04 Å². The summed E-state index contributed by atoms with van der Waals surface area (Å²) in [7, 11) is -2.79. The van der Waals surface area contributed by atoms with Crippen molar-refractivity contribution in [1.29, 1.82) is 0 Å². The molecule has 0 aliphatic carbocycles. The van der Waals surface area contributed by atoms with E-state index in [1.54, 1.807) is 0 Å². The molecule has 20 heavy (non-hydrogen) atoms. The third-order valence-corrected chi connectivity index (χ3v) is 17.7. The van der Waals surface area contributed by atoms with Crippen LogP contribution in [-0.4, -0.2) is 16.1 Å². The molecule has 0 bridgehead atoms. The van der Waals surface area contributed by atoms with Crippen LogP contribution in [0.4, 0.5) is 0 Å². The molecule has 0 nitrogen and oxygen atoms in total. The van der Waals surface area contributed by atoms with Crippen molar-refractivity contribution in [1.82, 2.24) is 0 Å². The average Bonchev–Trinajstić information content (AvgIpc) is 2.20. The molecule has 0 aromatic rings. The van der Waals surface area contributed by atoms with Crippen molar-refractivity contribution in [3.05, 3.63) is 0 Å². The Morgan fingerprint density at radius 1 is 0.800 bits per heavy atom. The fourth-order valence-electron chi connectivity index (χ4n) is 3.22. The zero-order valence-corrected chi connectivity index (χ0v) is 17.9. The summed E-state index contributed by atoms with van der Waals surface area (Å²) in [6, 6.07) is 1.19. The molecule has 2 heteroatoms. The van der Waals surface area contributed by atoms with Gasteiger partial charge in [0.2, 0.25) is 0 Å². The summed E-state index contributed by atoms with van der Waals surface area (Å²) in [5.41, 5.74) is 6.19. The van der Waals surface area contributed by atoms with Crippen LogP contribution in [0.1, 0.15) is 62.3 Å². The van der Waals surface area contributed by atoms with Crippen LogP contribution in [0.5, 0.6) is 0 Å². The van der Waals surface area contributed by atoms with E-state index < -0.39 is 16.1 Å². The average molecular weight is 311 g/mol. The van der Waals surface area contributed by atoms with Crippen molar-refractivity contribution in [2.24, 2.45) is 0 Å². The molecule has 0 atom stereocenters. The summed E-state index contributed by atoms with van der Waals surface area (Å²) in [6.07, 6.45) is 0. The lowest BCUT2D eigenvalue weighted by molar-refractivity contribution is 0.731. The number of hydrogen-bond donors (Lipinski definition) is 0. The molecule has 0 aromatic heterocycles. The summed E-state index contributed by atoms with van der Waals surface area (Å²) in [4.78, 5) is 0. The standard InChI is InChI=1S/C18H38Si2/c1-15(2)20(16(3)4,17(5)6)14-12-13-19(10,11)18(7,8)9/h15-17H,14H2,1-11H3. The normalized spacial score (nSPS) is 13.9. The highest BCUT2D eigenvalue weighted by Crippen LogP contribution is 2.44. The Morgan fingerprint density at radius 2 is 1.15 bits per heavy atom. The molecule has 0 amide bonds. The zero-order valence-electron chi connectivity index (χ0n) is 15.9. The molecule has 0 heterocycles. The maximum absolute atomic E-state index is 3.74. The third kappa shape index (κ3) is 4.24. The summed E-state index contributed by atoms with van der Waals surface area (Å²) in [6.45, 7) is 26.5. The molecule has 0 N–H and O–H groups in total. The van der Waals surface area contributed by atoms with Gasteiger partial charge in [0.25, 0.3) is 0 Å². The number of rotatable bonds is 4. The highest BCUT2D eigenvalue weighted by molar-refractivity contribution is 6.88. The second-order valence-electron chi connectivity index (χ2n) is 8.93. The van der Waals surface area contributed by atoms with Gasteiger partial charge in [-0.05, 0) is 21.7 Å². The molecule has 0 aliphatic heterocycles. The van der Waals surface area contributed by atoms with Crippen LogP contribution in [0.2, 0.25) is 40.8 Å². The van der Waals surface area contributed by atoms with Crippen LogP contribution in [0.25, 0.3) is 0 Å². The molecule has 0 radical (unpaired) electrons. The van der Waals surface area contributed by atoms with Gasteiger partial charge in [-0.15, -0.1) is 11.5 Å². The molecule has 0 fully saturated rings. The van der Waals surface area contributed by atoms with Crippen LogP contribution in [0, 0.1) is 11.5 Å². The van der Waals surface area contributed by atoms with Crippen LogP contribution >= 0.6 is 0 Å². The Balaban J connectivity index is 5.37. The van der Waals surface area contributed by atoms with Gasteiger partial charge in [0.1, 0.15) is 8.07 Å². The van der Waals surface area contributed by atoms with Gasteiger partial charge in [-0.2, -0.15) is 0 Å². The minimum Gasteiger partial charge on any atom is -0.132 e. The van der Waals surface area contributed by atoms with E-state index >= 15 is 0 Å². The minimum absolute atomic E-state index is 0.373. The van der Waals surface area contributed by atoms with E-state index in [1.165, 1.54) is 6.04 Å². The summed E-state index contributed by atoms with van der Waals surface area (Å²) in [5.74, 6) is 3.69. The van der Waals surface area contributed by atoms with Gasteiger partial charge in [0.15, 0.2) is 0 Å². The first-order valence-electron chi connectivity index (χ1n) is 8.29. The van der Waals surface area contributed by atoms with Gasteiger partial charge in [-0.25, -0.2) is 0 Å². The Labute approximate surface area is 131 Å². The predicted octanol–water partition coefficient (Wildman–Crippen LogP) is 6.72. The summed E-state index contributed by atoms with van der Waals surface area (Å²) < 4.78 is 0. The van der Waals surface area contributed by atoms with Crippen molar-refractivity contribution < 1.29 is 0 Å². The second-order valence-corrected chi connectivity index (χ2v) is 20.0. The first kappa shape index (κ1) is 20.0. The molecular formula is C18H38Si2. The molecule has 0 unspecified atom stereocenters.